The van der Waals surface area contributed by atoms with Gasteiger partial charge in [-0.25, -0.2) is 4.68 Å². The molecule has 92 valence electrons. The minimum Gasteiger partial charge on any atom is -0.481 e. The van der Waals surface area contributed by atoms with Gasteiger partial charge in [-0.2, -0.15) is 5.10 Å². The molecular formula is C12H16N2O3. The Bertz CT molecular complexity index is 493. The van der Waals surface area contributed by atoms with E-state index < -0.39 is 5.97 Å². The van der Waals surface area contributed by atoms with Gasteiger partial charge in [0.15, 0.2) is 0 Å². The number of fused-ring (bicyclic) bond motifs is 1. The van der Waals surface area contributed by atoms with Crippen molar-refractivity contribution in [1.82, 2.24) is 9.78 Å². The van der Waals surface area contributed by atoms with Gasteiger partial charge in [-0.1, -0.05) is 6.92 Å². The fourth-order valence-electron chi connectivity index (χ4n) is 2.21. The minimum atomic E-state index is -0.784. The fraction of sp³-hybridized carbons (Fsp3) is 0.583. The molecule has 0 unspecified atom stereocenters. The number of nitrogens with zero attached hydrogens (tertiary/aromatic N) is 2. The standard InChI is InChI=1S/C12H16N2O3/c1-2-5-14-11(15)7-9-6-8(12(16)17)3-4-10(9)13-14/h7-8H,2-6H2,1H3,(H,16,17)/t8-/m0/s1. The Morgan fingerprint density at radius 1 is 1.65 bits per heavy atom. The molecule has 1 heterocycles. The van der Waals surface area contributed by atoms with Gasteiger partial charge in [0.1, 0.15) is 0 Å². The van der Waals surface area contributed by atoms with Gasteiger partial charge in [-0.15, -0.1) is 0 Å². The van der Waals surface area contributed by atoms with Gasteiger partial charge in [-0.3, -0.25) is 9.59 Å². The zero-order chi connectivity index (χ0) is 12.4. The van der Waals surface area contributed by atoms with Crippen molar-refractivity contribution in [2.24, 2.45) is 5.92 Å². The third kappa shape index (κ3) is 2.38. The summed E-state index contributed by atoms with van der Waals surface area (Å²) in [5.41, 5.74) is 1.56. The Balaban J connectivity index is 2.32. The van der Waals surface area contributed by atoms with E-state index in [0.29, 0.717) is 25.8 Å². The molecule has 2 rings (SSSR count). The molecule has 17 heavy (non-hydrogen) atoms. The van der Waals surface area contributed by atoms with Crippen LogP contribution >= 0.6 is 0 Å². The Morgan fingerprint density at radius 2 is 2.41 bits per heavy atom. The summed E-state index contributed by atoms with van der Waals surface area (Å²) in [4.78, 5) is 22.6. The van der Waals surface area contributed by atoms with E-state index in [0.717, 1.165) is 17.7 Å². The van der Waals surface area contributed by atoms with Gasteiger partial charge in [0.25, 0.3) is 5.56 Å². The molecule has 0 saturated carbocycles. The molecule has 1 aliphatic rings. The van der Waals surface area contributed by atoms with Crippen molar-refractivity contribution in [3.8, 4) is 0 Å². The molecule has 1 N–H and O–H groups in total. The van der Waals surface area contributed by atoms with Crippen LogP contribution in [0.2, 0.25) is 0 Å². The number of hydrogen-bond acceptors (Lipinski definition) is 3. The number of carboxylic acids is 1. The summed E-state index contributed by atoms with van der Waals surface area (Å²) in [6.45, 7) is 2.61. The van der Waals surface area contributed by atoms with Crippen LogP contribution in [0.4, 0.5) is 0 Å². The van der Waals surface area contributed by atoms with Gasteiger partial charge < -0.3 is 5.11 Å². The Morgan fingerprint density at radius 3 is 3.06 bits per heavy atom. The summed E-state index contributed by atoms with van der Waals surface area (Å²) in [5, 5.41) is 13.3. The molecule has 1 aromatic heterocycles. The Labute approximate surface area is 99.1 Å². The van der Waals surface area contributed by atoms with Crippen LogP contribution in [0.15, 0.2) is 10.9 Å². The monoisotopic (exact) mass is 236 g/mol. The highest BCUT2D eigenvalue weighted by Crippen LogP contribution is 2.22. The topological polar surface area (TPSA) is 72.2 Å². The quantitative estimate of drug-likeness (QED) is 0.844. The van der Waals surface area contributed by atoms with Crippen LogP contribution in [-0.4, -0.2) is 20.9 Å². The van der Waals surface area contributed by atoms with Crippen LogP contribution < -0.4 is 5.56 Å². The molecule has 0 saturated heterocycles. The van der Waals surface area contributed by atoms with Crippen molar-refractivity contribution >= 4 is 5.97 Å². The van der Waals surface area contributed by atoms with Crippen molar-refractivity contribution in [3.63, 3.8) is 0 Å². The first kappa shape index (κ1) is 11.8. The van der Waals surface area contributed by atoms with E-state index in [-0.39, 0.29) is 11.5 Å². The first-order valence-corrected chi connectivity index (χ1v) is 5.94. The highest BCUT2D eigenvalue weighted by atomic mass is 16.4. The second-order valence-corrected chi connectivity index (χ2v) is 4.46. The number of aliphatic carboxylic acids is 1. The lowest BCUT2D eigenvalue weighted by Crippen LogP contribution is -2.30. The van der Waals surface area contributed by atoms with Crippen molar-refractivity contribution in [1.29, 1.82) is 0 Å². The van der Waals surface area contributed by atoms with E-state index in [2.05, 4.69) is 5.10 Å². The number of aromatic nitrogens is 2. The minimum absolute atomic E-state index is 0.128. The van der Waals surface area contributed by atoms with Crippen LogP contribution in [0.3, 0.4) is 0 Å². The van der Waals surface area contributed by atoms with Crippen LogP contribution in [0.1, 0.15) is 31.0 Å². The van der Waals surface area contributed by atoms with E-state index in [9.17, 15) is 9.59 Å². The number of rotatable bonds is 3. The van der Waals surface area contributed by atoms with E-state index in [1.54, 1.807) is 6.07 Å². The van der Waals surface area contributed by atoms with E-state index in [1.807, 2.05) is 6.92 Å². The predicted octanol–water partition coefficient (Wildman–Crippen LogP) is 0.843. The van der Waals surface area contributed by atoms with Crippen LogP contribution in [0.25, 0.3) is 0 Å². The lowest BCUT2D eigenvalue weighted by molar-refractivity contribution is -0.142. The predicted molar refractivity (Wildman–Crippen MR) is 61.9 cm³/mol. The summed E-state index contributed by atoms with van der Waals surface area (Å²) >= 11 is 0. The molecule has 1 aromatic rings. The molecule has 0 bridgehead atoms. The number of aryl methyl sites for hydroxylation is 2. The van der Waals surface area contributed by atoms with Crippen LogP contribution in [-0.2, 0) is 24.2 Å². The molecule has 5 nitrogen and oxygen atoms in total. The van der Waals surface area contributed by atoms with E-state index in [1.165, 1.54) is 4.68 Å². The van der Waals surface area contributed by atoms with Crippen LogP contribution in [0, 0.1) is 5.92 Å². The zero-order valence-corrected chi connectivity index (χ0v) is 9.85. The average Bonchev–Trinajstić information content (AvgIpc) is 2.29. The van der Waals surface area contributed by atoms with Gasteiger partial charge in [0.05, 0.1) is 11.6 Å². The normalized spacial score (nSPS) is 18.8. The first-order valence-electron chi connectivity index (χ1n) is 5.94. The molecule has 0 aromatic carbocycles. The van der Waals surface area contributed by atoms with Gasteiger partial charge >= 0.3 is 5.97 Å². The highest BCUT2D eigenvalue weighted by Gasteiger charge is 2.25. The summed E-state index contributed by atoms with van der Waals surface area (Å²) in [6, 6.07) is 1.55. The van der Waals surface area contributed by atoms with Gasteiger partial charge in [0, 0.05) is 12.6 Å². The SMILES string of the molecule is CCCn1nc2c(cc1=O)C[C@@H](C(=O)O)CC2. The Hall–Kier alpha value is -1.65. The van der Waals surface area contributed by atoms with Crippen molar-refractivity contribution in [2.75, 3.05) is 0 Å². The van der Waals surface area contributed by atoms with E-state index >= 15 is 0 Å². The van der Waals surface area contributed by atoms with Crippen molar-refractivity contribution in [3.05, 3.63) is 27.7 Å². The second kappa shape index (κ2) is 4.69. The Kier molecular flexibility index (Phi) is 3.26. The lowest BCUT2D eigenvalue weighted by Gasteiger charge is -2.21. The van der Waals surface area contributed by atoms with Crippen LogP contribution in [0.5, 0.6) is 0 Å². The number of hydrogen-bond donors (Lipinski definition) is 1. The largest absolute Gasteiger partial charge is 0.481 e. The summed E-state index contributed by atoms with van der Waals surface area (Å²) < 4.78 is 1.47. The maximum atomic E-state index is 11.7. The lowest BCUT2D eigenvalue weighted by atomic mass is 9.87. The summed E-state index contributed by atoms with van der Waals surface area (Å²) in [5.74, 6) is -1.15. The highest BCUT2D eigenvalue weighted by molar-refractivity contribution is 5.70. The fourth-order valence-corrected chi connectivity index (χ4v) is 2.21. The molecule has 1 aliphatic carbocycles. The molecule has 0 aliphatic heterocycles. The molecular weight excluding hydrogens is 220 g/mol. The van der Waals surface area contributed by atoms with E-state index in [4.69, 9.17) is 5.11 Å². The van der Waals surface area contributed by atoms with Gasteiger partial charge in [0.2, 0.25) is 0 Å². The van der Waals surface area contributed by atoms with Crippen molar-refractivity contribution in [2.45, 2.75) is 39.2 Å². The molecule has 0 radical (unpaired) electrons. The second-order valence-electron chi connectivity index (χ2n) is 4.46. The molecule has 0 spiro atoms. The third-order valence-electron chi connectivity index (χ3n) is 3.14. The summed E-state index contributed by atoms with van der Waals surface area (Å²) in [6.07, 6.45) is 2.55. The molecule has 5 heteroatoms. The maximum Gasteiger partial charge on any atom is 0.306 e. The first-order chi connectivity index (χ1) is 8.11. The number of carbonyl (C=O) groups is 1. The summed E-state index contributed by atoms with van der Waals surface area (Å²) in [7, 11) is 0. The molecule has 1 atom stereocenters. The maximum absolute atomic E-state index is 11.7. The number of carboxylic acid groups (broad SMARTS) is 1. The smallest absolute Gasteiger partial charge is 0.306 e. The third-order valence-corrected chi connectivity index (χ3v) is 3.14. The molecule has 0 fully saturated rings. The van der Waals surface area contributed by atoms with Crippen molar-refractivity contribution < 1.29 is 9.90 Å². The average molecular weight is 236 g/mol. The molecule has 0 amide bonds. The van der Waals surface area contributed by atoms with Gasteiger partial charge in [-0.05, 0) is 31.2 Å². The zero-order valence-electron chi connectivity index (χ0n) is 9.85.